The maximum absolute atomic E-state index is 12.3. The molecular formula is C10H11F3N4O. The zero-order valence-electron chi connectivity index (χ0n) is 9.53. The highest BCUT2D eigenvalue weighted by molar-refractivity contribution is 5.86. The number of amides is 1. The van der Waals surface area contributed by atoms with Crippen LogP contribution >= 0.6 is 0 Å². The lowest BCUT2D eigenvalue weighted by molar-refractivity contribution is -0.141. The number of nitrogens with zero attached hydrogens (tertiary/aromatic N) is 3. The van der Waals surface area contributed by atoms with Gasteiger partial charge in [0.1, 0.15) is 11.9 Å². The molecule has 1 aromatic heterocycles. The van der Waals surface area contributed by atoms with Crippen LogP contribution in [0.5, 0.6) is 0 Å². The average Bonchev–Trinajstić information content (AvgIpc) is 2.61. The number of halogens is 3. The van der Waals surface area contributed by atoms with Crippen LogP contribution in [0.15, 0.2) is 12.1 Å². The maximum atomic E-state index is 12.3. The summed E-state index contributed by atoms with van der Waals surface area (Å²) in [6, 6.07) is 1.56. The third kappa shape index (κ3) is 2.52. The highest BCUT2D eigenvalue weighted by Crippen LogP contribution is 2.27. The van der Waals surface area contributed by atoms with Crippen LogP contribution in [0.3, 0.4) is 0 Å². The zero-order valence-corrected chi connectivity index (χ0v) is 9.53. The lowest BCUT2D eigenvalue weighted by Crippen LogP contribution is -2.31. The van der Waals surface area contributed by atoms with Gasteiger partial charge in [0, 0.05) is 13.6 Å². The molecule has 18 heavy (non-hydrogen) atoms. The average molecular weight is 260 g/mol. The molecule has 1 N–H and O–H groups in total. The fourth-order valence-corrected chi connectivity index (χ4v) is 1.70. The summed E-state index contributed by atoms with van der Waals surface area (Å²) in [4.78, 5) is 13.1. The molecule has 2 heterocycles. The molecule has 0 saturated carbocycles. The molecule has 0 aliphatic carbocycles. The Hall–Kier alpha value is -1.86. The van der Waals surface area contributed by atoms with Crippen LogP contribution in [-0.4, -0.2) is 40.6 Å². The summed E-state index contributed by atoms with van der Waals surface area (Å²) >= 11 is 0. The molecule has 2 rings (SSSR count). The van der Waals surface area contributed by atoms with Crippen LogP contribution in [0.1, 0.15) is 12.1 Å². The van der Waals surface area contributed by atoms with Gasteiger partial charge in [-0.15, -0.1) is 10.2 Å². The van der Waals surface area contributed by atoms with E-state index in [1.807, 2.05) is 0 Å². The van der Waals surface area contributed by atoms with Crippen molar-refractivity contribution in [2.45, 2.75) is 18.6 Å². The summed E-state index contributed by atoms with van der Waals surface area (Å²) < 4.78 is 36.8. The van der Waals surface area contributed by atoms with Crippen molar-refractivity contribution < 1.29 is 18.0 Å². The molecule has 1 unspecified atom stereocenters. The van der Waals surface area contributed by atoms with Crippen molar-refractivity contribution in [2.75, 3.05) is 18.9 Å². The standard InChI is InChI=1S/C10H11F3N4O/c1-17-5-4-6(9(17)18)14-8-3-2-7(15-16-8)10(11,12)13/h2-3,6H,4-5H2,1H3,(H,14,16). The van der Waals surface area contributed by atoms with E-state index in [1.54, 1.807) is 11.9 Å². The molecule has 0 aromatic carbocycles. The molecule has 1 amide bonds. The first-order chi connectivity index (χ1) is 8.38. The summed E-state index contributed by atoms with van der Waals surface area (Å²) in [5.74, 6) is 0.0633. The quantitative estimate of drug-likeness (QED) is 0.866. The molecule has 0 radical (unpaired) electrons. The van der Waals surface area contributed by atoms with Gasteiger partial charge in [0.25, 0.3) is 0 Å². The number of likely N-dealkylation sites (tertiary alicyclic amines) is 1. The van der Waals surface area contributed by atoms with Crippen molar-refractivity contribution in [1.29, 1.82) is 0 Å². The number of carbonyl (C=O) groups is 1. The van der Waals surface area contributed by atoms with Gasteiger partial charge in [-0.1, -0.05) is 0 Å². The second-order valence-corrected chi connectivity index (χ2v) is 4.05. The van der Waals surface area contributed by atoms with E-state index in [0.717, 1.165) is 6.07 Å². The number of hydrogen-bond donors (Lipinski definition) is 1. The van der Waals surface area contributed by atoms with Gasteiger partial charge >= 0.3 is 6.18 Å². The summed E-state index contributed by atoms with van der Waals surface area (Å²) in [5, 5.41) is 9.26. The van der Waals surface area contributed by atoms with Gasteiger partial charge in [0.05, 0.1) is 0 Å². The van der Waals surface area contributed by atoms with Crippen molar-refractivity contribution in [3.8, 4) is 0 Å². The second-order valence-electron chi connectivity index (χ2n) is 4.05. The maximum Gasteiger partial charge on any atom is 0.435 e. The van der Waals surface area contributed by atoms with Gasteiger partial charge in [-0.05, 0) is 18.6 Å². The van der Waals surface area contributed by atoms with Crippen molar-refractivity contribution in [3.05, 3.63) is 17.8 Å². The Balaban J connectivity index is 2.05. The van der Waals surface area contributed by atoms with E-state index in [2.05, 4.69) is 15.5 Å². The molecule has 0 spiro atoms. The number of likely N-dealkylation sites (N-methyl/N-ethyl adjacent to an activating group) is 1. The van der Waals surface area contributed by atoms with Crippen molar-refractivity contribution >= 4 is 11.7 Å². The third-order valence-electron chi connectivity index (χ3n) is 2.70. The zero-order chi connectivity index (χ0) is 13.3. The van der Waals surface area contributed by atoms with E-state index in [0.29, 0.717) is 13.0 Å². The molecule has 1 fully saturated rings. The van der Waals surface area contributed by atoms with E-state index in [4.69, 9.17) is 0 Å². The van der Waals surface area contributed by atoms with Gasteiger partial charge in [-0.2, -0.15) is 13.2 Å². The minimum Gasteiger partial charge on any atom is -0.357 e. The number of aromatic nitrogens is 2. The van der Waals surface area contributed by atoms with Gasteiger partial charge in [-0.3, -0.25) is 4.79 Å². The Bertz CT molecular complexity index is 445. The minimum atomic E-state index is -4.51. The van der Waals surface area contributed by atoms with Crippen LogP contribution in [-0.2, 0) is 11.0 Å². The fraction of sp³-hybridized carbons (Fsp3) is 0.500. The third-order valence-corrected chi connectivity index (χ3v) is 2.70. The fourth-order valence-electron chi connectivity index (χ4n) is 1.70. The summed E-state index contributed by atoms with van der Waals surface area (Å²) in [6.45, 7) is 0.616. The number of nitrogens with one attached hydrogen (secondary N) is 1. The molecule has 8 heteroatoms. The normalized spacial score (nSPS) is 20.3. The molecule has 1 aromatic rings. The lowest BCUT2D eigenvalue weighted by atomic mass is 10.2. The Morgan fingerprint density at radius 2 is 2.11 bits per heavy atom. The smallest absolute Gasteiger partial charge is 0.357 e. The topological polar surface area (TPSA) is 58.1 Å². The van der Waals surface area contributed by atoms with Gasteiger partial charge in [-0.25, -0.2) is 0 Å². The second kappa shape index (κ2) is 4.43. The molecule has 0 bridgehead atoms. The van der Waals surface area contributed by atoms with Crippen LogP contribution in [0, 0.1) is 0 Å². The van der Waals surface area contributed by atoms with E-state index < -0.39 is 17.9 Å². The number of carbonyl (C=O) groups excluding carboxylic acids is 1. The van der Waals surface area contributed by atoms with E-state index >= 15 is 0 Å². The van der Waals surface area contributed by atoms with Gasteiger partial charge in [0.15, 0.2) is 5.69 Å². The first-order valence-electron chi connectivity index (χ1n) is 5.30. The number of rotatable bonds is 2. The van der Waals surface area contributed by atoms with Crippen LogP contribution in [0.25, 0.3) is 0 Å². The first-order valence-corrected chi connectivity index (χ1v) is 5.30. The van der Waals surface area contributed by atoms with Crippen molar-refractivity contribution in [3.63, 3.8) is 0 Å². The molecule has 1 aliphatic rings. The largest absolute Gasteiger partial charge is 0.435 e. The van der Waals surface area contributed by atoms with E-state index in [9.17, 15) is 18.0 Å². The highest BCUT2D eigenvalue weighted by Gasteiger charge is 2.33. The number of hydrogen-bond acceptors (Lipinski definition) is 4. The summed E-state index contributed by atoms with van der Waals surface area (Å²) in [7, 11) is 1.67. The molecule has 98 valence electrons. The SMILES string of the molecule is CN1CCC(Nc2ccc(C(F)(F)F)nn2)C1=O. The van der Waals surface area contributed by atoms with Crippen LogP contribution < -0.4 is 5.32 Å². The molecule has 1 aliphatic heterocycles. The van der Waals surface area contributed by atoms with Crippen molar-refractivity contribution in [1.82, 2.24) is 15.1 Å². The Morgan fingerprint density at radius 3 is 2.56 bits per heavy atom. The van der Waals surface area contributed by atoms with E-state index in [1.165, 1.54) is 6.07 Å². The van der Waals surface area contributed by atoms with Crippen molar-refractivity contribution in [2.24, 2.45) is 0 Å². The molecule has 5 nitrogen and oxygen atoms in total. The van der Waals surface area contributed by atoms with Gasteiger partial charge < -0.3 is 10.2 Å². The predicted octanol–water partition coefficient (Wildman–Crippen LogP) is 1.14. The lowest BCUT2D eigenvalue weighted by Gasteiger charge is -2.12. The van der Waals surface area contributed by atoms with E-state index in [-0.39, 0.29) is 11.7 Å². The molecular weight excluding hydrogens is 249 g/mol. The highest BCUT2D eigenvalue weighted by atomic mass is 19.4. The van der Waals surface area contributed by atoms with Crippen LogP contribution in [0.2, 0.25) is 0 Å². The Labute approximate surface area is 101 Å². The monoisotopic (exact) mass is 260 g/mol. The van der Waals surface area contributed by atoms with Gasteiger partial charge in [0.2, 0.25) is 5.91 Å². The predicted molar refractivity (Wildman–Crippen MR) is 56.7 cm³/mol. The summed E-state index contributed by atoms with van der Waals surface area (Å²) in [5.41, 5.74) is -1.05. The number of alkyl halides is 3. The molecule has 1 atom stereocenters. The Kier molecular flexibility index (Phi) is 3.10. The summed E-state index contributed by atoms with van der Waals surface area (Å²) in [6.07, 6.45) is -3.91. The number of anilines is 1. The molecule has 1 saturated heterocycles. The first kappa shape index (κ1) is 12.6. The van der Waals surface area contributed by atoms with Crippen LogP contribution in [0.4, 0.5) is 19.0 Å². The Morgan fingerprint density at radius 1 is 1.39 bits per heavy atom. The minimum absolute atomic E-state index is 0.100.